The first-order valence-electron chi connectivity index (χ1n) is 7.50. The van der Waals surface area contributed by atoms with E-state index < -0.39 is 16.1 Å². The number of methoxy groups -OCH3 is 1. The van der Waals surface area contributed by atoms with Crippen LogP contribution in [0.15, 0.2) is 24.3 Å². The third-order valence-corrected chi connectivity index (χ3v) is 4.33. The Balaban J connectivity index is 1.92. The van der Waals surface area contributed by atoms with Crippen molar-refractivity contribution in [2.75, 3.05) is 31.2 Å². The predicted octanol–water partition coefficient (Wildman–Crippen LogP) is 1.02. The lowest BCUT2D eigenvalue weighted by Crippen LogP contribution is -2.46. The Kier molecular flexibility index (Phi) is 5.66. The summed E-state index contributed by atoms with van der Waals surface area (Å²) in [6.45, 7) is 1.08. The Morgan fingerprint density at radius 2 is 1.75 bits per heavy atom. The summed E-state index contributed by atoms with van der Waals surface area (Å²) in [4.78, 5) is 25.4. The molecule has 9 heteroatoms. The number of benzene rings is 1. The number of hydrogen-bond acceptors (Lipinski definition) is 5. The maximum absolute atomic E-state index is 12.5. The maximum Gasteiger partial charge on any atom is 0.407 e. The molecule has 1 aliphatic rings. The molecule has 0 saturated carbocycles. The van der Waals surface area contributed by atoms with Crippen molar-refractivity contribution in [2.24, 2.45) is 0 Å². The number of alkyl carbamates (subject to hydrolysis) is 1. The second-order valence-electron chi connectivity index (χ2n) is 5.65. The van der Waals surface area contributed by atoms with Crippen molar-refractivity contribution in [3.05, 3.63) is 29.8 Å². The molecule has 0 unspecified atom stereocenters. The summed E-state index contributed by atoms with van der Waals surface area (Å²) in [6.07, 6.45) is 1.93. The van der Waals surface area contributed by atoms with E-state index in [0.717, 1.165) is 6.26 Å². The molecule has 2 rings (SSSR count). The molecule has 1 aromatic carbocycles. The van der Waals surface area contributed by atoms with Gasteiger partial charge in [0.25, 0.3) is 5.91 Å². The van der Waals surface area contributed by atoms with Gasteiger partial charge >= 0.3 is 6.09 Å². The van der Waals surface area contributed by atoms with E-state index in [9.17, 15) is 18.0 Å². The number of anilines is 1. The molecule has 132 valence electrons. The van der Waals surface area contributed by atoms with Gasteiger partial charge in [0.15, 0.2) is 0 Å². The minimum atomic E-state index is -3.34. The number of nitrogens with zero attached hydrogens (tertiary/aromatic N) is 1. The topological polar surface area (TPSA) is 105 Å². The molecule has 0 spiro atoms. The quantitative estimate of drug-likeness (QED) is 0.839. The minimum absolute atomic E-state index is 0.00263. The lowest BCUT2D eigenvalue weighted by Gasteiger charge is -2.32. The van der Waals surface area contributed by atoms with E-state index in [2.05, 4.69) is 14.8 Å². The fraction of sp³-hybridized carbons (Fsp3) is 0.467. The van der Waals surface area contributed by atoms with Crippen molar-refractivity contribution in [3.8, 4) is 0 Å². The van der Waals surface area contributed by atoms with Crippen LogP contribution >= 0.6 is 0 Å². The van der Waals surface area contributed by atoms with E-state index >= 15 is 0 Å². The van der Waals surface area contributed by atoms with E-state index in [0.29, 0.717) is 37.2 Å². The summed E-state index contributed by atoms with van der Waals surface area (Å²) in [6, 6.07) is 6.30. The van der Waals surface area contributed by atoms with Gasteiger partial charge in [0.2, 0.25) is 10.0 Å². The van der Waals surface area contributed by atoms with E-state index in [1.807, 2.05) is 0 Å². The SMILES string of the molecule is COC(=O)NC1CCN(C(=O)c2ccc(NS(C)(=O)=O)cc2)CC1. The maximum atomic E-state index is 12.5. The first-order chi connectivity index (χ1) is 11.3. The third-order valence-electron chi connectivity index (χ3n) is 3.72. The van der Waals surface area contributed by atoms with Crippen LogP contribution in [-0.2, 0) is 14.8 Å². The van der Waals surface area contributed by atoms with E-state index in [1.165, 1.54) is 7.11 Å². The van der Waals surface area contributed by atoms with Crippen LogP contribution in [0, 0.1) is 0 Å². The van der Waals surface area contributed by atoms with Crippen molar-refractivity contribution in [1.82, 2.24) is 10.2 Å². The highest BCUT2D eigenvalue weighted by atomic mass is 32.2. The Bertz CT molecular complexity index is 694. The van der Waals surface area contributed by atoms with Gasteiger partial charge in [0, 0.05) is 30.4 Å². The molecule has 0 aromatic heterocycles. The lowest BCUT2D eigenvalue weighted by atomic mass is 10.0. The standard InChI is InChI=1S/C15H21N3O5S/c1-23-15(20)16-12-7-9-18(10-8-12)14(19)11-3-5-13(6-4-11)17-24(2,21)22/h3-6,12,17H,7-10H2,1-2H3,(H,16,20). The molecule has 1 aromatic rings. The van der Waals surface area contributed by atoms with Gasteiger partial charge < -0.3 is 15.0 Å². The summed E-state index contributed by atoms with van der Waals surface area (Å²) in [5, 5.41) is 2.73. The van der Waals surface area contributed by atoms with E-state index in [4.69, 9.17) is 0 Å². The summed E-state index contributed by atoms with van der Waals surface area (Å²) in [5.41, 5.74) is 0.906. The Morgan fingerprint density at radius 3 is 2.25 bits per heavy atom. The van der Waals surface area contributed by atoms with Gasteiger partial charge in [-0.2, -0.15) is 0 Å². The molecule has 1 fully saturated rings. The molecule has 1 aliphatic heterocycles. The van der Waals surface area contributed by atoms with Gasteiger partial charge in [-0.15, -0.1) is 0 Å². The number of hydrogen-bond donors (Lipinski definition) is 2. The van der Waals surface area contributed by atoms with Crippen molar-refractivity contribution in [1.29, 1.82) is 0 Å². The number of nitrogens with one attached hydrogen (secondary N) is 2. The molecule has 2 N–H and O–H groups in total. The number of ether oxygens (including phenoxy) is 1. The van der Waals surface area contributed by atoms with Crippen molar-refractivity contribution in [2.45, 2.75) is 18.9 Å². The molecular weight excluding hydrogens is 334 g/mol. The van der Waals surface area contributed by atoms with Crippen molar-refractivity contribution >= 4 is 27.7 Å². The molecule has 1 saturated heterocycles. The zero-order valence-corrected chi connectivity index (χ0v) is 14.4. The average molecular weight is 355 g/mol. The fourth-order valence-electron chi connectivity index (χ4n) is 2.53. The molecular formula is C15H21N3O5S. The Morgan fingerprint density at radius 1 is 1.17 bits per heavy atom. The van der Waals surface area contributed by atoms with E-state index in [1.54, 1.807) is 29.2 Å². The smallest absolute Gasteiger partial charge is 0.407 e. The zero-order valence-electron chi connectivity index (χ0n) is 13.6. The van der Waals surface area contributed by atoms with Gasteiger partial charge in [0.1, 0.15) is 0 Å². The highest BCUT2D eigenvalue weighted by Gasteiger charge is 2.24. The number of likely N-dealkylation sites (tertiary alicyclic amines) is 1. The summed E-state index contributed by atoms with van der Waals surface area (Å²) >= 11 is 0. The van der Waals surface area contributed by atoms with Gasteiger partial charge in [-0.1, -0.05) is 0 Å². The number of carbonyl (C=O) groups excluding carboxylic acids is 2. The highest BCUT2D eigenvalue weighted by molar-refractivity contribution is 7.92. The molecule has 8 nitrogen and oxygen atoms in total. The minimum Gasteiger partial charge on any atom is -0.453 e. The molecule has 0 atom stereocenters. The molecule has 0 bridgehead atoms. The monoisotopic (exact) mass is 355 g/mol. The number of carbonyl (C=O) groups is 2. The molecule has 0 aliphatic carbocycles. The molecule has 0 radical (unpaired) electrons. The van der Waals surface area contributed by atoms with Gasteiger partial charge in [0.05, 0.1) is 13.4 Å². The first-order valence-corrected chi connectivity index (χ1v) is 9.39. The van der Waals surface area contributed by atoms with Crippen LogP contribution in [0.1, 0.15) is 23.2 Å². The molecule has 2 amide bonds. The lowest BCUT2D eigenvalue weighted by molar-refractivity contribution is 0.0704. The summed E-state index contributed by atoms with van der Waals surface area (Å²) < 4.78 is 29.3. The van der Waals surface area contributed by atoms with Crippen LogP contribution in [0.3, 0.4) is 0 Å². The van der Waals surface area contributed by atoms with Crippen LogP contribution in [0.5, 0.6) is 0 Å². The van der Waals surface area contributed by atoms with Gasteiger partial charge in [-0.25, -0.2) is 13.2 Å². The van der Waals surface area contributed by atoms with Gasteiger partial charge in [-0.05, 0) is 37.1 Å². The van der Waals surface area contributed by atoms with Crippen LogP contribution in [-0.4, -0.2) is 57.8 Å². The van der Waals surface area contributed by atoms with E-state index in [-0.39, 0.29) is 11.9 Å². The second kappa shape index (κ2) is 7.52. The zero-order chi connectivity index (χ0) is 17.7. The molecule has 1 heterocycles. The number of sulfonamides is 1. The summed E-state index contributed by atoms with van der Waals surface area (Å²) in [5.74, 6) is -0.113. The second-order valence-corrected chi connectivity index (χ2v) is 7.40. The van der Waals surface area contributed by atoms with Crippen LogP contribution in [0.4, 0.5) is 10.5 Å². The van der Waals surface area contributed by atoms with Crippen LogP contribution in [0.2, 0.25) is 0 Å². The Labute approximate surface area is 141 Å². The van der Waals surface area contributed by atoms with Crippen LogP contribution < -0.4 is 10.0 Å². The fourth-order valence-corrected chi connectivity index (χ4v) is 3.09. The molecule has 24 heavy (non-hydrogen) atoms. The average Bonchev–Trinajstić information content (AvgIpc) is 2.54. The highest BCUT2D eigenvalue weighted by Crippen LogP contribution is 2.16. The Hall–Kier alpha value is -2.29. The third kappa shape index (κ3) is 5.12. The number of rotatable bonds is 4. The van der Waals surface area contributed by atoms with Crippen molar-refractivity contribution < 1.29 is 22.7 Å². The number of amides is 2. The summed E-state index contributed by atoms with van der Waals surface area (Å²) in [7, 11) is -2.02. The first kappa shape index (κ1) is 18.1. The van der Waals surface area contributed by atoms with Gasteiger partial charge in [-0.3, -0.25) is 9.52 Å². The van der Waals surface area contributed by atoms with Crippen LogP contribution in [0.25, 0.3) is 0 Å². The normalized spacial score (nSPS) is 15.7. The predicted molar refractivity (Wildman–Crippen MR) is 89.4 cm³/mol. The largest absolute Gasteiger partial charge is 0.453 e. The van der Waals surface area contributed by atoms with Crippen molar-refractivity contribution in [3.63, 3.8) is 0 Å². The number of piperidine rings is 1.